The van der Waals surface area contributed by atoms with Gasteiger partial charge in [0.25, 0.3) is 0 Å². The summed E-state index contributed by atoms with van der Waals surface area (Å²) < 4.78 is 11.7. The third-order valence-electron chi connectivity index (χ3n) is 2.72. The van der Waals surface area contributed by atoms with E-state index in [2.05, 4.69) is 22.0 Å². The fourth-order valence-corrected chi connectivity index (χ4v) is 1.95. The van der Waals surface area contributed by atoms with Crippen LogP contribution in [0.25, 0.3) is 0 Å². The summed E-state index contributed by atoms with van der Waals surface area (Å²) in [7, 11) is 1.60. The molecule has 3 nitrogen and oxygen atoms in total. The van der Waals surface area contributed by atoms with Crippen LogP contribution in [-0.2, 0) is 0 Å². The molecule has 1 aliphatic rings. The lowest BCUT2D eigenvalue weighted by molar-refractivity contribution is 0.116. The molecule has 0 N–H and O–H groups in total. The maximum absolute atomic E-state index is 8.94. The van der Waals surface area contributed by atoms with Gasteiger partial charge in [-0.15, -0.1) is 0 Å². The van der Waals surface area contributed by atoms with Crippen LogP contribution in [0.3, 0.4) is 0 Å². The topological polar surface area (TPSA) is 42.2 Å². The number of benzene rings is 1. The van der Waals surface area contributed by atoms with Crippen LogP contribution in [-0.4, -0.2) is 13.2 Å². The van der Waals surface area contributed by atoms with Crippen LogP contribution >= 0.6 is 15.9 Å². The molecule has 0 spiro atoms. The van der Waals surface area contributed by atoms with E-state index in [1.54, 1.807) is 19.2 Å². The van der Waals surface area contributed by atoms with E-state index in [1.165, 1.54) is 6.42 Å². The van der Waals surface area contributed by atoms with Crippen LogP contribution in [0.2, 0.25) is 0 Å². The van der Waals surface area contributed by atoms with Gasteiger partial charge in [-0.05, 0) is 41.3 Å². The Morgan fingerprint density at radius 3 is 2.62 bits per heavy atom. The van der Waals surface area contributed by atoms with Gasteiger partial charge in [-0.25, -0.2) is 0 Å². The van der Waals surface area contributed by atoms with Crippen LogP contribution in [0.1, 0.15) is 24.8 Å². The lowest BCUT2D eigenvalue weighted by Gasteiger charge is -2.27. The van der Waals surface area contributed by atoms with Crippen molar-refractivity contribution in [1.82, 2.24) is 0 Å². The lowest BCUT2D eigenvalue weighted by Crippen LogP contribution is -2.24. The highest BCUT2D eigenvalue weighted by Gasteiger charge is 2.21. The fraction of sp³-hybridized carbons (Fsp3) is 0.417. The molecule has 0 radical (unpaired) electrons. The molecule has 1 aromatic rings. The first-order valence-corrected chi connectivity index (χ1v) is 5.98. The van der Waals surface area contributed by atoms with Crippen molar-refractivity contribution in [2.45, 2.75) is 25.4 Å². The van der Waals surface area contributed by atoms with Gasteiger partial charge >= 0.3 is 0 Å². The Hall–Kier alpha value is -1.21. The highest BCUT2D eigenvalue weighted by molar-refractivity contribution is 9.10. The quantitative estimate of drug-likeness (QED) is 0.854. The summed E-state index contributed by atoms with van der Waals surface area (Å²) >= 11 is 3.32. The van der Waals surface area contributed by atoms with Crippen molar-refractivity contribution in [2.24, 2.45) is 0 Å². The van der Waals surface area contributed by atoms with Crippen molar-refractivity contribution >= 4 is 15.9 Å². The normalized spacial score (nSPS) is 15.1. The zero-order valence-corrected chi connectivity index (χ0v) is 10.6. The molecule has 1 fully saturated rings. The molecule has 1 saturated carbocycles. The maximum atomic E-state index is 8.94. The largest absolute Gasteiger partial charge is 0.493 e. The zero-order chi connectivity index (χ0) is 11.5. The monoisotopic (exact) mass is 281 g/mol. The Kier molecular flexibility index (Phi) is 3.35. The molecule has 84 valence electrons. The molecule has 0 bridgehead atoms. The summed E-state index contributed by atoms with van der Waals surface area (Å²) in [5, 5.41) is 8.94. The minimum absolute atomic E-state index is 0.279. The van der Waals surface area contributed by atoms with E-state index in [0.717, 1.165) is 17.3 Å². The molecule has 4 heteroatoms. The Morgan fingerprint density at radius 1 is 1.38 bits per heavy atom. The molecule has 2 rings (SSSR count). The molecule has 1 aliphatic carbocycles. The molecule has 16 heavy (non-hydrogen) atoms. The molecule has 0 amide bonds. The Morgan fingerprint density at radius 2 is 2.12 bits per heavy atom. The number of halogens is 1. The smallest absolute Gasteiger partial charge is 0.162 e. The zero-order valence-electron chi connectivity index (χ0n) is 9.00. The number of hydrogen-bond donors (Lipinski definition) is 0. The molecular weight excluding hydrogens is 270 g/mol. The molecular formula is C12H12BrNO2. The van der Waals surface area contributed by atoms with Gasteiger partial charge in [0.2, 0.25) is 0 Å². The molecule has 1 aromatic carbocycles. The first-order valence-electron chi connectivity index (χ1n) is 5.19. The van der Waals surface area contributed by atoms with Gasteiger partial charge in [0.15, 0.2) is 11.5 Å². The van der Waals surface area contributed by atoms with Crippen LogP contribution in [0.5, 0.6) is 11.5 Å². The van der Waals surface area contributed by atoms with Crippen LogP contribution in [0, 0.1) is 11.3 Å². The molecule has 0 aliphatic heterocycles. The summed E-state index contributed by atoms with van der Waals surface area (Å²) in [4.78, 5) is 0. The lowest BCUT2D eigenvalue weighted by atomic mass is 9.96. The second-order valence-electron chi connectivity index (χ2n) is 3.77. The number of rotatable bonds is 3. The van der Waals surface area contributed by atoms with Crippen LogP contribution in [0.4, 0.5) is 0 Å². The van der Waals surface area contributed by atoms with E-state index in [4.69, 9.17) is 14.7 Å². The van der Waals surface area contributed by atoms with Crippen molar-refractivity contribution in [3.05, 3.63) is 22.2 Å². The summed E-state index contributed by atoms with van der Waals surface area (Å²) in [6, 6.07) is 5.61. The highest BCUT2D eigenvalue weighted by atomic mass is 79.9. The van der Waals surface area contributed by atoms with E-state index in [9.17, 15) is 0 Å². The van der Waals surface area contributed by atoms with Gasteiger partial charge in [0.05, 0.1) is 18.8 Å². The first kappa shape index (κ1) is 11.3. The van der Waals surface area contributed by atoms with Crippen molar-refractivity contribution in [1.29, 1.82) is 5.26 Å². The van der Waals surface area contributed by atoms with Crippen molar-refractivity contribution in [3.63, 3.8) is 0 Å². The number of ether oxygens (including phenoxy) is 2. The van der Waals surface area contributed by atoms with Gasteiger partial charge < -0.3 is 9.47 Å². The summed E-state index contributed by atoms with van der Waals surface area (Å²) in [6.07, 6.45) is 3.67. The van der Waals surface area contributed by atoms with Gasteiger partial charge in [-0.2, -0.15) is 5.26 Å². The predicted octanol–water partition coefficient (Wildman–Crippen LogP) is 3.26. The second-order valence-corrected chi connectivity index (χ2v) is 4.62. The van der Waals surface area contributed by atoms with Gasteiger partial charge in [0, 0.05) is 10.5 Å². The Labute approximate surface area is 103 Å². The van der Waals surface area contributed by atoms with E-state index in [-0.39, 0.29) is 6.10 Å². The standard InChI is InChI=1S/C12H12BrNO2/c1-15-11-6-10(13)8(7-14)5-12(11)16-9-3-2-4-9/h5-6,9H,2-4H2,1H3. The number of nitrogens with zero attached hydrogens (tertiary/aromatic N) is 1. The fourth-order valence-electron chi connectivity index (χ4n) is 1.54. The van der Waals surface area contributed by atoms with Gasteiger partial charge in [-0.1, -0.05) is 0 Å². The number of hydrogen-bond acceptors (Lipinski definition) is 3. The van der Waals surface area contributed by atoms with Crippen molar-refractivity contribution in [2.75, 3.05) is 7.11 Å². The molecule has 0 heterocycles. The Balaban J connectivity index is 2.29. The minimum atomic E-state index is 0.279. The second kappa shape index (κ2) is 4.75. The predicted molar refractivity (Wildman–Crippen MR) is 63.7 cm³/mol. The number of nitriles is 1. The average Bonchev–Trinajstić information content (AvgIpc) is 2.24. The van der Waals surface area contributed by atoms with E-state index in [0.29, 0.717) is 17.1 Å². The summed E-state index contributed by atoms with van der Waals surface area (Å²) in [6.45, 7) is 0. The van der Waals surface area contributed by atoms with Crippen LogP contribution < -0.4 is 9.47 Å². The summed E-state index contributed by atoms with van der Waals surface area (Å²) in [5.41, 5.74) is 0.565. The van der Waals surface area contributed by atoms with Crippen molar-refractivity contribution < 1.29 is 9.47 Å². The van der Waals surface area contributed by atoms with Crippen LogP contribution in [0.15, 0.2) is 16.6 Å². The minimum Gasteiger partial charge on any atom is -0.493 e. The van der Waals surface area contributed by atoms with E-state index in [1.807, 2.05) is 0 Å². The average molecular weight is 282 g/mol. The van der Waals surface area contributed by atoms with Gasteiger partial charge in [-0.3, -0.25) is 0 Å². The third-order valence-corrected chi connectivity index (χ3v) is 3.38. The van der Waals surface area contributed by atoms with Crippen molar-refractivity contribution in [3.8, 4) is 17.6 Å². The van der Waals surface area contributed by atoms with E-state index < -0.39 is 0 Å². The third kappa shape index (κ3) is 2.14. The summed E-state index contributed by atoms with van der Waals surface area (Å²) in [5.74, 6) is 1.32. The van der Waals surface area contributed by atoms with Gasteiger partial charge in [0.1, 0.15) is 6.07 Å². The molecule has 0 aromatic heterocycles. The number of methoxy groups -OCH3 is 1. The Bertz CT molecular complexity index is 435. The molecule has 0 unspecified atom stereocenters. The van der Waals surface area contributed by atoms with E-state index >= 15 is 0 Å². The molecule has 0 atom stereocenters. The highest BCUT2D eigenvalue weighted by Crippen LogP contribution is 2.36. The molecule has 0 saturated heterocycles. The first-order chi connectivity index (χ1) is 7.74. The maximum Gasteiger partial charge on any atom is 0.162 e. The SMILES string of the molecule is COc1cc(Br)c(C#N)cc1OC1CCC1.